The van der Waals surface area contributed by atoms with E-state index in [1.54, 1.807) is 13.0 Å². The first-order chi connectivity index (χ1) is 11.7. The molecule has 0 saturated heterocycles. The van der Waals surface area contributed by atoms with Crippen LogP contribution in [0.3, 0.4) is 0 Å². The minimum absolute atomic E-state index is 0.121. The summed E-state index contributed by atoms with van der Waals surface area (Å²) in [6.07, 6.45) is 2.70. The number of unbranched alkanes of at least 4 members (excludes halogenated alkanes) is 1. The van der Waals surface area contributed by atoms with E-state index >= 15 is 0 Å². The Bertz CT molecular complexity index is 794. The SMILES string of the molecule is CCCCC(Sc1nc2ccccc2o1)C(=O)Nc1cc(C)on1. The predicted octanol–water partition coefficient (Wildman–Crippen LogP) is 4.41. The van der Waals surface area contributed by atoms with E-state index < -0.39 is 0 Å². The number of para-hydroxylation sites is 2. The molecular formula is C17H19N3O3S. The maximum atomic E-state index is 12.6. The number of hydrogen-bond acceptors (Lipinski definition) is 6. The van der Waals surface area contributed by atoms with Crippen LogP contribution >= 0.6 is 11.8 Å². The lowest BCUT2D eigenvalue weighted by atomic mass is 10.2. The van der Waals surface area contributed by atoms with Crippen LogP contribution in [0.15, 0.2) is 44.5 Å². The number of thioether (sulfide) groups is 1. The second kappa shape index (κ2) is 7.53. The fourth-order valence-corrected chi connectivity index (χ4v) is 3.27. The summed E-state index contributed by atoms with van der Waals surface area (Å²) in [5, 5.41) is 6.80. The van der Waals surface area contributed by atoms with E-state index in [1.165, 1.54) is 11.8 Å². The van der Waals surface area contributed by atoms with E-state index in [1.807, 2.05) is 24.3 Å². The van der Waals surface area contributed by atoms with E-state index in [9.17, 15) is 4.79 Å². The molecule has 1 N–H and O–H groups in total. The van der Waals surface area contributed by atoms with Crippen molar-refractivity contribution < 1.29 is 13.7 Å². The molecule has 0 spiro atoms. The Kier molecular flexibility index (Phi) is 5.20. The first-order valence-electron chi connectivity index (χ1n) is 7.92. The molecule has 1 unspecified atom stereocenters. The summed E-state index contributed by atoms with van der Waals surface area (Å²) >= 11 is 1.34. The fourth-order valence-electron chi connectivity index (χ4n) is 2.29. The summed E-state index contributed by atoms with van der Waals surface area (Å²) < 4.78 is 10.7. The molecule has 24 heavy (non-hydrogen) atoms. The largest absolute Gasteiger partial charge is 0.431 e. The molecule has 126 valence electrons. The van der Waals surface area contributed by atoms with Crippen molar-refractivity contribution >= 4 is 34.6 Å². The number of carbonyl (C=O) groups excluding carboxylic acids is 1. The van der Waals surface area contributed by atoms with Gasteiger partial charge in [0, 0.05) is 6.07 Å². The van der Waals surface area contributed by atoms with Crippen LogP contribution in [0.2, 0.25) is 0 Å². The summed E-state index contributed by atoms with van der Waals surface area (Å²) in [7, 11) is 0. The molecule has 1 atom stereocenters. The zero-order valence-corrected chi connectivity index (χ0v) is 14.4. The van der Waals surface area contributed by atoms with Gasteiger partial charge < -0.3 is 14.3 Å². The highest BCUT2D eigenvalue weighted by Gasteiger charge is 2.23. The Morgan fingerprint density at radius 3 is 2.92 bits per heavy atom. The molecular weight excluding hydrogens is 326 g/mol. The molecule has 0 radical (unpaired) electrons. The molecule has 2 aromatic heterocycles. The smallest absolute Gasteiger partial charge is 0.257 e. The molecule has 0 aliphatic carbocycles. The number of benzene rings is 1. The molecule has 0 bridgehead atoms. The van der Waals surface area contributed by atoms with Crippen LogP contribution in [-0.2, 0) is 4.79 Å². The lowest BCUT2D eigenvalue weighted by Crippen LogP contribution is -2.25. The van der Waals surface area contributed by atoms with Gasteiger partial charge in [-0.15, -0.1) is 0 Å². The van der Waals surface area contributed by atoms with Gasteiger partial charge in [-0.3, -0.25) is 4.79 Å². The lowest BCUT2D eigenvalue weighted by molar-refractivity contribution is -0.115. The summed E-state index contributed by atoms with van der Waals surface area (Å²) in [5.41, 5.74) is 1.52. The standard InChI is InChI=1S/C17H19N3O3S/c1-3-4-9-14(16(21)19-15-10-11(2)23-20-15)24-17-18-12-7-5-6-8-13(12)22-17/h5-8,10,14H,3-4,9H2,1-2H3,(H,19,20,21). The van der Waals surface area contributed by atoms with Crippen LogP contribution in [0, 0.1) is 6.92 Å². The Morgan fingerprint density at radius 1 is 1.38 bits per heavy atom. The molecule has 0 aliphatic rings. The predicted molar refractivity (Wildman–Crippen MR) is 93.0 cm³/mol. The Labute approximate surface area is 144 Å². The number of oxazole rings is 1. The Morgan fingerprint density at radius 2 is 2.21 bits per heavy atom. The number of rotatable bonds is 7. The van der Waals surface area contributed by atoms with Gasteiger partial charge in [-0.1, -0.05) is 48.8 Å². The van der Waals surface area contributed by atoms with Crippen molar-refractivity contribution in [3.63, 3.8) is 0 Å². The van der Waals surface area contributed by atoms with Crippen LogP contribution in [0.4, 0.5) is 5.82 Å². The zero-order valence-electron chi connectivity index (χ0n) is 13.6. The van der Waals surface area contributed by atoms with Crippen molar-refractivity contribution in [1.29, 1.82) is 0 Å². The molecule has 6 nitrogen and oxygen atoms in total. The van der Waals surface area contributed by atoms with Gasteiger partial charge in [0.25, 0.3) is 5.22 Å². The van der Waals surface area contributed by atoms with Crippen LogP contribution in [0.5, 0.6) is 0 Å². The highest BCUT2D eigenvalue weighted by atomic mass is 32.2. The lowest BCUT2D eigenvalue weighted by Gasteiger charge is -2.12. The first-order valence-corrected chi connectivity index (χ1v) is 8.80. The molecule has 2 heterocycles. The zero-order chi connectivity index (χ0) is 16.9. The molecule has 3 aromatic rings. The van der Waals surface area contributed by atoms with Crippen LogP contribution in [-0.4, -0.2) is 21.3 Å². The number of amides is 1. The van der Waals surface area contributed by atoms with Crippen molar-refractivity contribution in [3.05, 3.63) is 36.1 Å². The van der Waals surface area contributed by atoms with Gasteiger partial charge in [0.1, 0.15) is 11.3 Å². The number of fused-ring (bicyclic) bond motifs is 1. The molecule has 1 amide bonds. The highest BCUT2D eigenvalue weighted by molar-refractivity contribution is 8.00. The number of nitrogens with zero attached hydrogens (tertiary/aromatic N) is 2. The molecule has 0 fully saturated rings. The highest BCUT2D eigenvalue weighted by Crippen LogP contribution is 2.30. The molecule has 1 aromatic carbocycles. The number of carbonyl (C=O) groups is 1. The third-order valence-corrected chi connectivity index (χ3v) is 4.62. The number of nitrogens with one attached hydrogen (secondary N) is 1. The Hall–Kier alpha value is -2.28. The van der Waals surface area contributed by atoms with Gasteiger partial charge in [-0.05, 0) is 25.5 Å². The maximum Gasteiger partial charge on any atom is 0.257 e. The number of aromatic nitrogens is 2. The van der Waals surface area contributed by atoms with E-state index in [0.717, 1.165) is 30.4 Å². The normalized spacial score (nSPS) is 12.4. The van der Waals surface area contributed by atoms with E-state index in [4.69, 9.17) is 8.94 Å². The topological polar surface area (TPSA) is 81.2 Å². The van der Waals surface area contributed by atoms with Crippen molar-refractivity contribution in [1.82, 2.24) is 10.1 Å². The second-order valence-corrected chi connectivity index (χ2v) is 6.66. The van der Waals surface area contributed by atoms with Crippen LogP contribution < -0.4 is 5.32 Å². The molecule has 0 saturated carbocycles. The molecule has 0 aliphatic heterocycles. The van der Waals surface area contributed by atoms with Gasteiger partial charge in [0.2, 0.25) is 5.91 Å². The van der Waals surface area contributed by atoms with Gasteiger partial charge >= 0.3 is 0 Å². The average Bonchev–Trinajstić information content (AvgIpc) is 3.16. The minimum atomic E-state index is -0.296. The first kappa shape index (κ1) is 16.6. The number of anilines is 1. The third-order valence-electron chi connectivity index (χ3n) is 3.51. The summed E-state index contributed by atoms with van der Waals surface area (Å²) in [4.78, 5) is 17.0. The van der Waals surface area contributed by atoms with E-state index in [0.29, 0.717) is 16.8 Å². The Balaban J connectivity index is 1.73. The monoisotopic (exact) mass is 345 g/mol. The molecule has 3 rings (SSSR count). The number of hydrogen-bond donors (Lipinski definition) is 1. The van der Waals surface area contributed by atoms with Crippen molar-refractivity contribution in [2.24, 2.45) is 0 Å². The van der Waals surface area contributed by atoms with Crippen LogP contribution in [0.25, 0.3) is 11.1 Å². The quantitative estimate of drug-likeness (QED) is 0.639. The van der Waals surface area contributed by atoms with Gasteiger partial charge in [-0.25, -0.2) is 4.98 Å². The summed E-state index contributed by atoms with van der Waals surface area (Å²) in [6, 6.07) is 9.26. The maximum absolute atomic E-state index is 12.6. The van der Waals surface area contributed by atoms with Gasteiger partial charge in [0.05, 0.1) is 5.25 Å². The van der Waals surface area contributed by atoms with E-state index in [2.05, 4.69) is 22.4 Å². The van der Waals surface area contributed by atoms with Crippen molar-refractivity contribution in [2.45, 2.75) is 43.6 Å². The minimum Gasteiger partial charge on any atom is -0.431 e. The summed E-state index contributed by atoms with van der Waals surface area (Å²) in [6.45, 7) is 3.88. The second-order valence-electron chi connectivity index (χ2n) is 5.51. The van der Waals surface area contributed by atoms with Gasteiger partial charge in [-0.2, -0.15) is 0 Å². The van der Waals surface area contributed by atoms with Crippen LogP contribution in [0.1, 0.15) is 31.9 Å². The van der Waals surface area contributed by atoms with Gasteiger partial charge in [0.15, 0.2) is 11.4 Å². The van der Waals surface area contributed by atoms with E-state index in [-0.39, 0.29) is 11.2 Å². The fraction of sp³-hybridized carbons (Fsp3) is 0.353. The summed E-state index contributed by atoms with van der Waals surface area (Å²) in [5.74, 6) is 0.961. The van der Waals surface area contributed by atoms with Crippen molar-refractivity contribution in [3.8, 4) is 0 Å². The number of aryl methyl sites for hydroxylation is 1. The van der Waals surface area contributed by atoms with Crippen molar-refractivity contribution in [2.75, 3.05) is 5.32 Å². The average molecular weight is 345 g/mol. The third kappa shape index (κ3) is 3.97. The molecule has 7 heteroatoms.